The summed E-state index contributed by atoms with van der Waals surface area (Å²) in [5, 5.41) is 0. The van der Waals surface area contributed by atoms with Gasteiger partial charge in [0.15, 0.2) is 0 Å². The number of carbonyl (C=O) groups is 3. The number of rotatable bonds is 4. The van der Waals surface area contributed by atoms with Crippen LogP contribution in [0.4, 0.5) is 0 Å². The summed E-state index contributed by atoms with van der Waals surface area (Å²) < 4.78 is 4.80. The number of carbonyl (C=O) groups excluding carboxylic acids is 3. The van der Waals surface area contributed by atoms with E-state index in [1.54, 1.807) is 18.7 Å². The molecule has 0 atom stereocenters. The van der Waals surface area contributed by atoms with E-state index in [0.29, 0.717) is 55.2 Å². The number of ether oxygens (including phenoxy) is 1. The van der Waals surface area contributed by atoms with E-state index >= 15 is 0 Å². The maximum absolute atomic E-state index is 12.9. The fourth-order valence-corrected chi connectivity index (χ4v) is 3.90. The monoisotopic (exact) mass is 376 g/mol. The summed E-state index contributed by atoms with van der Waals surface area (Å²) in [6.07, 6.45) is 2.19. The molecular weight excluding hydrogens is 348 g/mol. The Hall–Kier alpha value is -2.35. The molecule has 0 bridgehead atoms. The van der Waals surface area contributed by atoms with Crippen LogP contribution in [0.1, 0.15) is 44.9 Å². The summed E-state index contributed by atoms with van der Waals surface area (Å²) in [6.45, 7) is 8.16. The van der Waals surface area contributed by atoms with Crippen LogP contribution in [0.5, 0.6) is 0 Å². The zero-order valence-electron chi connectivity index (χ0n) is 16.3. The van der Waals surface area contributed by atoms with Crippen molar-refractivity contribution in [3.63, 3.8) is 0 Å². The Bertz CT molecular complexity index is 728. The first-order valence-corrected chi connectivity index (χ1v) is 9.49. The first-order chi connectivity index (χ1) is 12.9. The maximum Gasteiger partial charge on any atom is 0.339 e. The van der Waals surface area contributed by atoms with Crippen molar-refractivity contribution in [1.29, 1.82) is 0 Å². The number of amides is 2. The Morgan fingerprint density at radius 1 is 0.963 bits per heavy atom. The number of nitrogens with one attached hydrogen (secondary N) is 1. The Kier molecular flexibility index (Phi) is 5.84. The van der Waals surface area contributed by atoms with Gasteiger partial charge in [0.25, 0.3) is 5.91 Å². The molecule has 0 saturated carbocycles. The Labute approximate surface area is 159 Å². The largest absolute Gasteiger partial charge is 0.465 e. The van der Waals surface area contributed by atoms with Crippen molar-refractivity contribution in [2.24, 2.45) is 0 Å². The topological polar surface area (TPSA) is 86.0 Å². The second-order valence-corrected chi connectivity index (χ2v) is 7.27. The molecule has 0 spiro atoms. The first-order valence-electron chi connectivity index (χ1n) is 9.49. The van der Waals surface area contributed by atoms with E-state index < -0.39 is 5.97 Å². The van der Waals surface area contributed by atoms with E-state index in [9.17, 15) is 14.4 Å². The van der Waals surface area contributed by atoms with Gasteiger partial charge in [0.1, 0.15) is 5.69 Å². The highest BCUT2D eigenvalue weighted by atomic mass is 16.5. The molecule has 2 amide bonds. The quantitative estimate of drug-likeness (QED) is 0.786. The number of esters is 1. The number of likely N-dealkylation sites (tertiary alicyclic amines) is 1. The van der Waals surface area contributed by atoms with E-state index in [0.717, 1.165) is 25.9 Å². The number of H-pyrrole nitrogens is 1. The van der Waals surface area contributed by atoms with Crippen LogP contribution in [0.3, 0.4) is 0 Å². The molecule has 2 saturated heterocycles. The third-order valence-corrected chi connectivity index (χ3v) is 5.52. The number of piperazine rings is 1. The fraction of sp³-hybridized carbons (Fsp3) is 0.632. The predicted octanol–water partition coefficient (Wildman–Crippen LogP) is 0.798. The number of aryl methyl sites for hydroxylation is 1. The molecule has 8 heteroatoms. The van der Waals surface area contributed by atoms with Crippen LogP contribution in [0.2, 0.25) is 0 Å². The zero-order valence-corrected chi connectivity index (χ0v) is 16.3. The lowest BCUT2D eigenvalue weighted by Crippen LogP contribution is -2.51. The lowest BCUT2D eigenvalue weighted by atomic mass is 10.1. The molecule has 2 aliphatic rings. The molecule has 0 unspecified atom stereocenters. The molecule has 3 rings (SSSR count). The van der Waals surface area contributed by atoms with Crippen molar-refractivity contribution in [2.75, 3.05) is 52.9 Å². The number of hydrogen-bond acceptors (Lipinski definition) is 5. The third kappa shape index (κ3) is 4.00. The summed E-state index contributed by atoms with van der Waals surface area (Å²) in [5.41, 5.74) is 2.12. The van der Waals surface area contributed by atoms with Gasteiger partial charge in [-0.15, -0.1) is 0 Å². The van der Waals surface area contributed by atoms with Gasteiger partial charge in [-0.25, -0.2) is 4.79 Å². The second kappa shape index (κ2) is 8.12. The number of nitrogens with zero attached hydrogens (tertiary/aromatic N) is 3. The van der Waals surface area contributed by atoms with Crippen LogP contribution in [0, 0.1) is 13.8 Å². The van der Waals surface area contributed by atoms with Crippen LogP contribution in [0.15, 0.2) is 0 Å². The molecular formula is C19H28N4O4. The predicted molar refractivity (Wildman–Crippen MR) is 99.8 cm³/mol. The molecule has 8 nitrogen and oxygen atoms in total. The highest BCUT2D eigenvalue weighted by Gasteiger charge is 2.29. The summed E-state index contributed by atoms with van der Waals surface area (Å²) in [4.78, 5) is 45.9. The normalized spacial score (nSPS) is 18.0. The smallest absolute Gasteiger partial charge is 0.339 e. The summed E-state index contributed by atoms with van der Waals surface area (Å²) in [5.74, 6) is -0.368. The summed E-state index contributed by atoms with van der Waals surface area (Å²) >= 11 is 0. The SMILES string of the molecule is COC(=O)c1c(C)[nH]c(C(=O)N2CCN(CC(=O)N3CCCC3)CC2)c1C. The Balaban J connectivity index is 1.59. The first kappa shape index (κ1) is 19.4. The molecule has 2 fully saturated rings. The average molecular weight is 376 g/mol. The van der Waals surface area contributed by atoms with Crippen LogP contribution < -0.4 is 0 Å². The summed E-state index contributed by atoms with van der Waals surface area (Å²) in [7, 11) is 1.33. The molecule has 3 heterocycles. The average Bonchev–Trinajstić information content (AvgIpc) is 3.30. The van der Waals surface area contributed by atoms with Gasteiger partial charge in [0.05, 0.1) is 19.2 Å². The van der Waals surface area contributed by atoms with Crippen LogP contribution >= 0.6 is 0 Å². The highest BCUT2D eigenvalue weighted by molar-refractivity contribution is 6.00. The van der Waals surface area contributed by atoms with Crippen molar-refractivity contribution in [3.8, 4) is 0 Å². The lowest BCUT2D eigenvalue weighted by Gasteiger charge is -2.35. The van der Waals surface area contributed by atoms with Crippen molar-refractivity contribution in [1.82, 2.24) is 19.7 Å². The van der Waals surface area contributed by atoms with Crippen molar-refractivity contribution in [3.05, 3.63) is 22.5 Å². The minimum Gasteiger partial charge on any atom is -0.465 e. The van der Waals surface area contributed by atoms with Crippen molar-refractivity contribution >= 4 is 17.8 Å². The number of aromatic nitrogens is 1. The molecule has 0 radical (unpaired) electrons. The lowest BCUT2D eigenvalue weighted by molar-refractivity contribution is -0.131. The van der Waals surface area contributed by atoms with Crippen LogP contribution in [-0.2, 0) is 9.53 Å². The van der Waals surface area contributed by atoms with Gasteiger partial charge in [-0.3, -0.25) is 14.5 Å². The molecule has 0 aliphatic carbocycles. The van der Waals surface area contributed by atoms with Gasteiger partial charge in [-0.1, -0.05) is 0 Å². The van der Waals surface area contributed by atoms with Gasteiger partial charge >= 0.3 is 5.97 Å². The Morgan fingerprint density at radius 2 is 1.59 bits per heavy atom. The molecule has 1 N–H and O–H groups in total. The maximum atomic E-state index is 12.9. The van der Waals surface area contributed by atoms with Crippen molar-refractivity contribution in [2.45, 2.75) is 26.7 Å². The second-order valence-electron chi connectivity index (χ2n) is 7.27. The summed E-state index contributed by atoms with van der Waals surface area (Å²) in [6, 6.07) is 0. The molecule has 1 aromatic rings. The van der Waals surface area contributed by atoms with Crippen LogP contribution in [-0.4, -0.2) is 90.4 Å². The zero-order chi connectivity index (χ0) is 19.6. The van der Waals surface area contributed by atoms with E-state index in [1.165, 1.54) is 7.11 Å². The minimum absolute atomic E-state index is 0.115. The molecule has 27 heavy (non-hydrogen) atoms. The Morgan fingerprint density at radius 3 is 2.19 bits per heavy atom. The number of aromatic amines is 1. The van der Waals surface area contributed by atoms with Crippen LogP contribution in [0.25, 0.3) is 0 Å². The van der Waals surface area contributed by atoms with E-state index in [1.807, 2.05) is 4.90 Å². The van der Waals surface area contributed by atoms with E-state index in [-0.39, 0.29) is 11.8 Å². The van der Waals surface area contributed by atoms with Gasteiger partial charge in [-0.05, 0) is 32.3 Å². The van der Waals surface area contributed by atoms with E-state index in [4.69, 9.17) is 4.74 Å². The molecule has 1 aromatic heterocycles. The van der Waals surface area contributed by atoms with Gasteiger partial charge in [0.2, 0.25) is 5.91 Å². The standard InChI is InChI=1S/C19H28N4O4/c1-13-16(19(26)27-3)14(2)20-17(13)18(25)23-10-8-21(9-11-23)12-15(24)22-6-4-5-7-22/h20H,4-12H2,1-3H3. The highest BCUT2D eigenvalue weighted by Crippen LogP contribution is 2.21. The number of hydrogen-bond donors (Lipinski definition) is 1. The van der Waals surface area contributed by atoms with Gasteiger partial charge in [-0.2, -0.15) is 0 Å². The molecule has 0 aromatic carbocycles. The molecule has 2 aliphatic heterocycles. The van der Waals surface area contributed by atoms with Crippen molar-refractivity contribution < 1.29 is 19.1 Å². The van der Waals surface area contributed by atoms with Gasteiger partial charge in [0, 0.05) is 45.0 Å². The number of methoxy groups -OCH3 is 1. The van der Waals surface area contributed by atoms with E-state index in [2.05, 4.69) is 9.88 Å². The molecule has 148 valence electrons. The minimum atomic E-state index is -0.439. The fourth-order valence-electron chi connectivity index (χ4n) is 3.90. The van der Waals surface area contributed by atoms with Gasteiger partial charge < -0.3 is 19.5 Å². The third-order valence-electron chi connectivity index (χ3n) is 5.52.